The highest BCUT2D eigenvalue weighted by Crippen LogP contribution is 2.27. The highest BCUT2D eigenvalue weighted by Gasteiger charge is 2.29. The van der Waals surface area contributed by atoms with E-state index < -0.39 is 5.97 Å². The van der Waals surface area contributed by atoms with Crippen LogP contribution < -0.4 is 0 Å². The van der Waals surface area contributed by atoms with Gasteiger partial charge in [0.15, 0.2) is 0 Å². The van der Waals surface area contributed by atoms with Gasteiger partial charge in [-0.3, -0.25) is 9.59 Å². The molecule has 0 bridgehead atoms. The second-order valence-electron chi connectivity index (χ2n) is 4.95. The summed E-state index contributed by atoms with van der Waals surface area (Å²) in [6.45, 7) is 3.39. The van der Waals surface area contributed by atoms with E-state index in [-0.39, 0.29) is 18.4 Å². The van der Waals surface area contributed by atoms with Gasteiger partial charge in [-0.05, 0) is 26.2 Å². The molecule has 100 valence electrons. The van der Waals surface area contributed by atoms with E-state index in [0.29, 0.717) is 19.7 Å². The third-order valence-electron chi connectivity index (χ3n) is 3.58. The van der Waals surface area contributed by atoms with Gasteiger partial charge in [-0.2, -0.15) is 0 Å². The molecule has 0 aromatic heterocycles. The number of morpholine rings is 1. The Morgan fingerprint density at radius 3 is 2.83 bits per heavy atom. The Hall–Kier alpha value is -1.36. The minimum atomic E-state index is -0.884. The minimum absolute atomic E-state index is 0.0399. The van der Waals surface area contributed by atoms with Gasteiger partial charge in [0.05, 0.1) is 19.1 Å². The van der Waals surface area contributed by atoms with Crippen molar-refractivity contribution in [2.75, 3.05) is 19.7 Å². The van der Waals surface area contributed by atoms with Gasteiger partial charge in [0.1, 0.15) is 0 Å². The highest BCUT2D eigenvalue weighted by atomic mass is 16.5. The van der Waals surface area contributed by atoms with Crippen LogP contribution in [0.25, 0.3) is 0 Å². The fraction of sp³-hybridized carbons (Fsp3) is 0.692. The van der Waals surface area contributed by atoms with Crippen LogP contribution in [0.5, 0.6) is 0 Å². The van der Waals surface area contributed by atoms with E-state index >= 15 is 0 Å². The van der Waals surface area contributed by atoms with Crippen molar-refractivity contribution in [1.29, 1.82) is 0 Å². The molecule has 0 aromatic rings. The lowest BCUT2D eigenvalue weighted by molar-refractivity contribution is -0.146. The number of allylic oxidation sites excluding steroid dienone is 1. The molecular formula is C13H19NO4. The Morgan fingerprint density at radius 1 is 1.44 bits per heavy atom. The second-order valence-corrected chi connectivity index (χ2v) is 4.95. The van der Waals surface area contributed by atoms with Crippen molar-refractivity contribution in [3.63, 3.8) is 0 Å². The van der Waals surface area contributed by atoms with Gasteiger partial charge in [-0.15, -0.1) is 0 Å². The molecule has 1 saturated heterocycles. The van der Waals surface area contributed by atoms with Crippen molar-refractivity contribution in [3.05, 3.63) is 11.1 Å². The number of carboxylic acids is 1. The van der Waals surface area contributed by atoms with E-state index in [2.05, 4.69) is 0 Å². The number of carbonyl (C=O) groups excluding carboxylic acids is 1. The molecule has 5 heteroatoms. The molecule has 1 amide bonds. The molecule has 0 saturated carbocycles. The summed E-state index contributed by atoms with van der Waals surface area (Å²) in [5.74, 6) is -0.811. The lowest BCUT2D eigenvalue weighted by Crippen LogP contribution is -2.46. The van der Waals surface area contributed by atoms with Crippen LogP contribution in [0.1, 0.15) is 32.6 Å². The molecule has 0 aromatic carbocycles. The molecule has 1 atom stereocenters. The van der Waals surface area contributed by atoms with Crippen LogP contribution >= 0.6 is 0 Å². The summed E-state index contributed by atoms with van der Waals surface area (Å²) >= 11 is 0. The molecule has 0 spiro atoms. The fourth-order valence-electron chi connectivity index (χ4n) is 2.60. The van der Waals surface area contributed by atoms with E-state index in [4.69, 9.17) is 9.84 Å². The summed E-state index contributed by atoms with van der Waals surface area (Å²) < 4.78 is 5.37. The summed E-state index contributed by atoms with van der Waals surface area (Å²) in [6.07, 6.45) is 2.50. The number of rotatable bonds is 3. The summed E-state index contributed by atoms with van der Waals surface area (Å²) in [7, 11) is 0. The van der Waals surface area contributed by atoms with Crippen LogP contribution in [0.4, 0.5) is 0 Å². The van der Waals surface area contributed by atoms with Crippen LogP contribution in [-0.4, -0.2) is 47.7 Å². The standard InChI is InChI=1S/C13H19NO4/c1-9-3-2-4-11(9)13(17)14-5-6-18-10(8-14)7-12(15)16/h10H,2-8H2,1H3,(H,15,16). The Bertz CT molecular complexity index is 388. The maximum absolute atomic E-state index is 12.3. The first-order valence-electron chi connectivity index (χ1n) is 6.39. The third-order valence-corrected chi connectivity index (χ3v) is 3.58. The number of ether oxygens (including phenoxy) is 1. The summed E-state index contributed by atoms with van der Waals surface area (Å²) in [4.78, 5) is 24.7. The van der Waals surface area contributed by atoms with Gasteiger partial charge in [-0.25, -0.2) is 0 Å². The smallest absolute Gasteiger partial charge is 0.306 e. The van der Waals surface area contributed by atoms with Gasteiger partial charge >= 0.3 is 5.97 Å². The molecule has 18 heavy (non-hydrogen) atoms. The van der Waals surface area contributed by atoms with E-state index in [9.17, 15) is 9.59 Å². The first-order valence-corrected chi connectivity index (χ1v) is 6.39. The number of amides is 1. The first-order chi connectivity index (χ1) is 8.58. The Kier molecular flexibility index (Phi) is 4.01. The number of hydrogen-bond donors (Lipinski definition) is 1. The Morgan fingerprint density at radius 2 is 2.22 bits per heavy atom. The number of nitrogens with zero attached hydrogens (tertiary/aromatic N) is 1. The van der Waals surface area contributed by atoms with Gasteiger partial charge < -0.3 is 14.7 Å². The van der Waals surface area contributed by atoms with E-state index in [1.165, 1.54) is 5.57 Å². The predicted molar refractivity (Wildman–Crippen MR) is 65.1 cm³/mol. The van der Waals surface area contributed by atoms with Gasteiger partial charge in [0.2, 0.25) is 5.91 Å². The van der Waals surface area contributed by atoms with Crippen molar-refractivity contribution >= 4 is 11.9 Å². The van der Waals surface area contributed by atoms with Crippen molar-refractivity contribution in [2.24, 2.45) is 0 Å². The van der Waals surface area contributed by atoms with Crippen LogP contribution in [-0.2, 0) is 14.3 Å². The van der Waals surface area contributed by atoms with E-state index in [1.54, 1.807) is 4.90 Å². The quantitative estimate of drug-likeness (QED) is 0.820. The van der Waals surface area contributed by atoms with Crippen LogP contribution in [0.15, 0.2) is 11.1 Å². The maximum Gasteiger partial charge on any atom is 0.306 e. The van der Waals surface area contributed by atoms with E-state index in [0.717, 1.165) is 24.8 Å². The molecule has 2 aliphatic rings. The van der Waals surface area contributed by atoms with Gasteiger partial charge in [0.25, 0.3) is 0 Å². The third kappa shape index (κ3) is 2.90. The van der Waals surface area contributed by atoms with Crippen molar-refractivity contribution in [1.82, 2.24) is 4.90 Å². The molecule has 0 radical (unpaired) electrons. The van der Waals surface area contributed by atoms with Gasteiger partial charge in [-0.1, -0.05) is 5.57 Å². The average molecular weight is 253 g/mol. The number of carbonyl (C=O) groups is 2. The molecule has 1 N–H and O–H groups in total. The van der Waals surface area contributed by atoms with Gasteiger partial charge in [0, 0.05) is 18.7 Å². The molecule has 1 aliphatic carbocycles. The first kappa shape index (κ1) is 13.1. The average Bonchev–Trinajstić information content (AvgIpc) is 2.74. The molecule has 5 nitrogen and oxygen atoms in total. The zero-order valence-corrected chi connectivity index (χ0v) is 10.6. The van der Waals surface area contributed by atoms with Crippen molar-refractivity contribution in [3.8, 4) is 0 Å². The van der Waals surface area contributed by atoms with Crippen molar-refractivity contribution < 1.29 is 19.4 Å². The normalized spacial score (nSPS) is 24.5. The SMILES string of the molecule is CC1=C(C(=O)N2CCOC(CC(=O)O)C2)CCC1. The monoisotopic (exact) mass is 253 g/mol. The highest BCUT2D eigenvalue weighted by molar-refractivity contribution is 5.94. The topological polar surface area (TPSA) is 66.8 Å². The second kappa shape index (κ2) is 5.52. The lowest BCUT2D eigenvalue weighted by Gasteiger charge is -2.32. The summed E-state index contributed by atoms with van der Waals surface area (Å²) in [5, 5.41) is 8.75. The predicted octanol–water partition coefficient (Wildman–Crippen LogP) is 1.19. The maximum atomic E-state index is 12.3. The number of aliphatic carboxylic acids is 1. The van der Waals surface area contributed by atoms with Crippen LogP contribution in [0, 0.1) is 0 Å². The van der Waals surface area contributed by atoms with Crippen molar-refractivity contribution in [2.45, 2.75) is 38.7 Å². The van der Waals surface area contributed by atoms with Crippen LogP contribution in [0.3, 0.4) is 0 Å². The molecule has 2 rings (SSSR count). The molecule has 1 aliphatic heterocycles. The fourth-order valence-corrected chi connectivity index (χ4v) is 2.60. The zero-order chi connectivity index (χ0) is 13.1. The molecular weight excluding hydrogens is 234 g/mol. The summed E-state index contributed by atoms with van der Waals surface area (Å²) in [6, 6.07) is 0. The molecule has 1 heterocycles. The van der Waals surface area contributed by atoms with Crippen LogP contribution in [0.2, 0.25) is 0 Å². The Balaban J connectivity index is 1.98. The number of hydrogen-bond acceptors (Lipinski definition) is 3. The number of carboxylic acid groups (broad SMARTS) is 1. The zero-order valence-electron chi connectivity index (χ0n) is 10.6. The largest absolute Gasteiger partial charge is 0.481 e. The Labute approximate surface area is 106 Å². The summed E-state index contributed by atoms with van der Waals surface area (Å²) in [5.41, 5.74) is 2.10. The lowest BCUT2D eigenvalue weighted by atomic mass is 10.1. The molecule has 1 unspecified atom stereocenters. The molecule has 1 fully saturated rings. The van der Waals surface area contributed by atoms with E-state index in [1.807, 2.05) is 6.92 Å². The minimum Gasteiger partial charge on any atom is -0.481 e.